The summed E-state index contributed by atoms with van der Waals surface area (Å²) in [6.45, 7) is 0. The molecule has 134 valence electrons. The number of Topliss-reactive ketones (excluding diaryl/α,β-unsaturated/α-hetero) is 1. The van der Waals surface area contributed by atoms with Crippen LogP contribution in [0.4, 0.5) is 26.3 Å². The van der Waals surface area contributed by atoms with E-state index >= 15 is 0 Å². The van der Waals surface area contributed by atoms with Crippen molar-refractivity contribution in [3.05, 3.63) is 59.4 Å². The van der Waals surface area contributed by atoms with Crippen molar-refractivity contribution in [2.45, 2.75) is 25.4 Å². The van der Waals surface area contributed by atoms with E-state index in [1.54, 1.807) is 0 Å². The molecule has 2 aromatic rings. The standard InChI is InChI=1S/C16H11F6NO2/c17-15(18,19)14-8-2-10(9-23-14)1-7-13(24)11-3-5-12(6-4-11)25-16(20,21)22/h2-6,8-9H,1,7H2. The summed E-state index contributed by atoms with van der Waals surface area (Å²) >= 11 is 0. The highest BCUT2D eigenvalue weighted by molar-refractivity contribution is 5.96. The summed E-state index contributed by atoms with van der Waals surface area (Å²) in [6, 6.07) is 6.45. The molecule has 0 aliphatic heterocycles. The summed E-state index contributed by atoms with van der Waals surface area (Å²) in [5, 5.41) is 0. The lowest BCUT2D eigenvalue weighted by atomic mass is 10.0. The number of carbonyl (C=O) groups excluding carboxylic acids is 1. The second kappa shape index (κ2) is 7.12. The van der Waals surface area contributed by atoms with E-state index in [1.807, 2.05) is 0 Å². The molecule has 0 saturated heterocycles. The van der Waals surface area contributed by atoms with Gasteiger partial charge in [0, 0.05) is 18.2 Å². The molecule has 2 rings (SSSR count). The number of hydrogen-bond donors (Lipinski definition) is 0. The number of ether oxygens (including phenoxy) is 1. The van der Waals surface area contributed by atoms with Crippen LogP contribution in [-0.2, 0) is 12.6 Å². The van der Waals surface area contributed by atoms with E-state index < -0.39 is 24.0 Å². The first kappa shape index (κ1) is 18.8. The van der Waals surface area contributed by atoms with E-state index in [4.69, 9.17) is 0 Å². The van der Waals surface area contributed by atoms with Crippen LogP contribution in [0.25, 0.3) is 0 Å². The van der Waals surface area contributed by atoms with Gasteiger partial charge >= 0.3 is 12.5 Å². The highest BCUT2D eigenvalue weighted by Crippen LogP contribution is 2.27. The van der Waals surface area contributed by atoms with Crippen LogP contribution >= 0.6 is 0 Å². The largest absolute Gasteiger partial charge is 0.573 e. The van der Waals surface area contributed by atoms with Crippen molar-refractivity contribution in [2.75, 3.05) is 0 Å². The molecule has 0 fully saturated rings. The minimum Gasteiger partial charge on any atom is -0.406 e. The molecule has 25 heavy (non-hydrogen) atoms. The van der Waals surface area contributed by atoms with Gasteiger partial charge in [0.15, 0.2) is 5.78 Å². The van der Waals surface area contributed by atoms with Crippen LogP contribution in [0.3, 0.4) is 0 Å². The van der Waals surface area contributed by atoms with Gasteiger partial charge in [-0.1, -0.05) is 6.07 Å². The molecule has 0 aliphatic carbocycles. The van der Waals surface area contributed by atoms with Gasteiger partial charge in [-0.25, -0.2) is 0 Å². The SMILES string of the molecule is O=C(CCc1ccc(C(F)(F)F)nc1)c1ccc(OC(F)(F)F)cc1. The zero-order valence-corrected chi connectivity index (χ0v) is 12.5. The second-order valence-corrected chi connectivity index (χ2v) is 5.04. The number of alkyl halides is 6. The Morgan fingerprint density at radius 3 is 2.08 bits per heavy atom. The van der Waals surface area contributed by atoms with Gasteiger partial charge in [-0.15, -0.1) is 13.2 Å². The zero-order valence-electron chi connectivity index (χ0n) is 12.5. The van der Waals surface area contributed by atoms with E-state index in [1.165, 1.54) is 18.2 Å². The molecule has 0 radical (unpaired) electrons. The highest BCUT2D eigenvalue weighted by Gasteiger charge is 2.32. The molecular formula is C16H11F6NO2. The maximum absolute atomic E-state index is 12.4. The Hall–Kier alpha value is -2.58. The number of carbonyl (C=O) groups is 1. The molecule has 0 atom stereocenters. The summed E-state index contributed by atoms with van der Waals surface area (Å²) in [4.78, 5) is 15.3. The number of pyridine rings is 1. The average Bonchev–Trinajstić information content (AvgIpc) is 2.51. The number of benzene rings is 1. The van der Waals surface area contributed by atoms with Crippen LogP contribution < -0.4 is 4.74 Å². The highest BCUT2D eigenvalue weighted by atomic mass is 19.4. The van der Waals surface area contributed by atoms with Crippen LogP contribution in [0.1, 0.15) is 28.0 Å². The van der Waals surface area contributed by atoms with Gasteiger partial charge in [-0.3, -0.25) is 9.78 Å². The molecule has 0 bridgehead atoms. The van der Waals surface area contributed by atoms with Crippen molar-refractivity contribution in [2.24, 2.45) is 0 Å². The van der Waals surface area contributed by atoms with Crippen molar-refractivity contribution in [1.29, 1.82) is 0 Å². The molecule has 1 heterocycles. The predicted molar refractivity (Wildman–Crippen MR) is 75.0 cm³/mol. The summed E-state index contributed by atoms with van der Waals surface area (Å²) in [5.74, 6) is -0.811. The molecular weight excluding hydrogens is 352 g/mol. The second-order valence-electron chi connectivity index (χ2n) is 5.04. The van der Waals surface area contributed by atoms with Gasteiger partial charge in [0.1, 0.15) is 11.4 Å². The fourth-order valence-electron chi connectivity index (χ4n) is 1.98. The number of ketones is 1. The summed E-state index contributed by atoms with van der Waals surface area (Å²) in [7, 11) is 0. The third-order valence-electron chi connectivity index (χ3n) is 3.17. The minimum absolute atomic E-state index is 0.0213. The third kappa shape index (κ3) is 5.77. The van der Waals surface area contributed by atoms with Crippen LogP contribution in [0, 0.1) is 0 Å². The zero-order chi connectivity index (χ0) is 18.7. The van der Waals surface area contributed by atoms with Crippen molar-refractivity contribution < 1.29 is 35.9 Å². The number of aromatic nitrogens is 1. The lowest BCUT2D eigenvalue weighted by Crippen LogP contribution is -2.17. The van der Waals surface area contributed by atoms with Crippen LogP contribution in [-0.4, -0.2) is 17.1 Å². The molecule has 0 spiro atoms. The Kier molecular flexibility index (Phi) is 5.34. The summed E-state index contributed by atoms with van der Waals surface area (Å²) in [5.41, 5.74) is -0.407. The predicted octanol–water partition coefficient (Wildman–Crippen LogP) is 4.81. The number of hydrogen-bond acceptors (Lipinski definition) is 3. The smallest absolute Gasteiger partial charge is 0.406 e. The van der Waals surface area contributed by atoms with E-state index in [9.17, 15) is 31.1 Å². The van der Waals surface area contributed by atoms with Crippen molar-refractivity contribution in [3.63, 3.8) is 0 Å². The van der Waals surface area contributed by atoms with Crippen molar-refractivity contribution in [3.8, 4) is 5.75 Å². The van der Waals surface area contributed by atoms with Gasteiger partial charge in [0.05, 0.1) is 0 Å². The van der Waals surface area contributed by atoms with E-state index in [0.717, 1.165) is 24.4 Å². The van der Waals surface area contributed by atoms with E-state index in [0.29, 0.717) is 5.56 Å². The summed E-state index contributed by atoms with van der Waals surface area (Å²) < 4.78 is 77.0. The van der Waals surface area contributed by atoms with Crippen molar-refractivity contribution >= 4 is 5.78 Å². The molecule has 1 aromatic carbocycles. The fraction of sp³-hybridized carbons (Fsp3) is 0.250. The Balaban J connectivity index is 1.94. The normalized spacial score (nSPS) is 12.1. The van der Waals surface area contributed by atoms with Gasteiger partial charge in [0.25, 0.3) is 0 Å². The van der Waals surface area contributed by atoms with Gasteiger partial charge in [0.2, 0.25) is 0 Å². The van der Waals surface area contributed by atoms with Gasteiger partial charge in [-0.2, -0.15) is 13.2 Å². The molecule has 0 aliphatic rings. The fourth-order valence-corrected chi connectivity index (χ4v) is 1.98. The topological polar surface area (TPSA) is 39.2 Å². The average molecular weight is 363 g/mol. The number of rotatable bonds is 5. The first-order valence-corrected chi connectivity index (χ1v) is 6.96. The molecule has 0 N–H and O–H groups in total. The Bertz CT molecular complexity index is 720. The molecule has 3 nitrogen and oxygen atoms in total. The number of halogens is 6. The van der Waals surface area contributed by atoms with Crippen LogP contribution in [0.2, 0.25) is 0 Å². The third-order valence-corrected chi connectivity index (χ3v) is 3.17. The van der Waals surface area contributed by atoms with Crippen LogP contribution in [0.15, 0.2) is 42.6 Å². The van der Waals surface area contributed by atoms with Crippen molar-refractivity contribution in [1.82, 2.24) is 4.98 Å². The molecule has 9 heteroatoms. The lowest BCUT2D eigenvalue weighted by Gasteiger charge is -2.09. The first-order valence-electron chi connectivity index (χ1n) is 6.96. The van der Waals surface area contributed by atoms with E-state index in [2.05, 4.69) is 9.72 Å². The molecule has 0 saturated carbocycles. The number of aryl methyl sites for hydroxylation is 1. The number of nitrogens with zero attached hydrogens (tertiary/aromatic N) is 1. The molecule has 1 aromatic heterocycles. The van der Waals surface area contributed by atoms with Crippen LogP contribution in [0.5, 0.6) is 5.75 Å². The quantitative estimate of drug-likeness (QED) is 0.565. The van der Waals surface area contributed by atoms with Gasteiger partial charge < -0.3 is 4.74 Å². The van der Waals surface area contributed by atoms with E-state index in [-0.39, 0.29) is 24.2 Å². The lowest BCUT2D eigenvalue weighted by molar-refractivity contribution is -0.274. The minimum atomic E-state index is -4.82. The Morgan fingerprint density at radius 2 is 1.60 bits per heavy atom. The van der Waals surface area contributed by atoms with Gasteiger partial charge in [-0.05, 0) is 42.3 Å². The monoisotopic (exact) mass is 363 g/mol. The summed E-state index contributed by atoms with van der Waals surface area (Å²) in [6.07, 6.45) is -8.18. The molecule has 0 amide bonds. The maximum atomic E-state index is 12.4. The Labute approximate surface area is 138 Å². The first-order chi connectivity index (χ1) is 11.5. The molecule has 0 unspecified atom stereocenters. The Morgan fingerprint density at radius 1 is 0.960 bits per heavy atom. The maximum Gasteiger partial charge on any atom is 0.573 e.